The van der Waals surface area contributed by atoms with Gasteiger partial charge in [-0.3, -0.25) is 0 Å². The van der Waals surface area contributed by atoms with E-state index in [2.05, 4.69) is 27.5 Å². The van der Waals surface area contributed by atoms with Gasteiger partial charge in [-0.15, -0.1) is 0 Å². The fourth-order valence-corrected chi connectivity index (χ4v) is 3.44. The van der Waals surface area contributed by atoms with Crippen LogP contribution in [-0.2, 0) is 0 Å². The molecule has 0 saturated carbocycles. The molecule has 1 saturated heterocycles. The van der Waals surface area contributed by atoms with E-state index in [9.17, 15) is 0 Å². The maximum atomic E-state index is 6.24. The van der Waals surface area contributed by atoms with Gasteiger partial charge in [-0.05, 0) is 33.0 Å². The second-order valence-corrected chi connectivity index (χ2v) is 7.26. The summed E-state index contributed by atoms with van der Waals surface area (Å²) in [7, 11) is 3.78. The highest BCUT2D eigenvalue weighted by atomic mass is 35.5. The van der Waals surface area contributed by atoms with Gasteiger partial charge in [-0.25, -0.2) is 9.97 Å². The van der Waals surface area contributed by atoms with Crippen molar-refractivity contribution in [3.05, 3.63) is 17.2 Å². The van der Waals surface area contributed by atoms with Crippen LogP contribution in [0.5, 0.6) is 5.75 Å². The zero-order valence-corrected chi connectivity index (χ0v) is 17.1. The number of halogens is 1. The van der Waals surface area contributed by atoms with E-state index < -0.39 is 0 Å². The first-order chi connectivity index (χ1) is 13.1. The van der Waals surface area contributed by atoms with Crippen molar-refractivity contribution in [1.29, 1.82) is 0 Å². The first-order valence-corrected chi connectivity index (χ1v) is 9.92. The molecule has 0 unspecified atom stereocenters. The quantitative estimate of drug-likeness (QED) is 0.669. The Balaban J connectivity index is 1.66. The number of ether oxygens (including phenoxy) is 1. The minimum Gasteiger partial charge on any atom is -0.495 e. The molecule has 1 aromatic carbocycles. The fourth-order valence-electron chi connectivity index (χ4n) is 3.21. The van der Waals surface area contributed by atoms with Crippen molar-refractivity contribution < 1.29 is 4.74 Å². The SMILES string of the molecule is CCNc1nc2cc(OC)c(Cl)cc2nc1NCCCN1CCN(C)CC1. The predicted octanol–water partition coefficient (Wildman–Crippen LogP) is 2.77. The average molecular weight is 393 g/mol. The highest BCUT2D eigenvalue weighted by Crippen LogP contribution is 2.30. The Bertz CT molecular complexity index is 763. The standard InChI is InChI=1S/C19H29ClN6O/c1-4-21-18-19(22-6-5-7-26-10-8-25(2)9-11-26)23-15-12-14(20)17(27-3)13-16(15)24-18/h12-13H,4-11H2,1-3H3,(H,21,24)(H,22,23). The number of hydrogen-bond donors (Lipinski definition) is 2. The van der Waals surface area contributed by atoms with E-state index >= 15 is 0 Å². The summed E-state index contributed by atoms with van der Waals surface area (Å²) >= 11 is 6.24. The molecule has 3 rings (SSSR count). The molecule has 2 heterocycles. The molecule has 1 aliphatic heterocycles. The highest BCUT2D eigenvalue weighted by molar-refractivity contribution is 6.32. The molecule has 0 bridgehead atoms. The van der Waals surface area contributed by atoms with Gasteiger partial charge in [0.05, 0.1) is 23.2 Å². The lowest BCUT2D eigenvalue weighted by atomic mass is 10.2. The van der Waals surface area contributed by atoms with Crippen molar-refractivity contribution in [3.63, 3.8) is 0 Å². The second-order valence-electron chi connectivity index (χ2n) is 6.85. The third-order valence-corrected chi connectivity index (χ3v) is 5.12. The van der Waals surface area contributed by atoms with E-state index in [1.807, 2.05) is 13.0 Å². The Morgan fingerprint density at radius 3 is 2.41 bits per heavy atom. The maximum absolute atomic E-state index is 6.24. The summed E-state index contributed by atoms with van der Waals surface area (Å²) in [5.74, 6) is 2.13. The van der Waals surface area contributed by atoms with Gasteiger partial charge in [0, 0.05) is 45.3 Å². The number of piperazine rings is 1. The van der Waals surface area contributed by atoms with Crippen molar-refractivity contribution in [2.45, 2.75) is 13.3 Å². The molecule has 1 fully saturated rings. The molecule has 8 heteroatoms. The molecule has 27 heavy (non-hydrogen) atoms. The van der Waals surface area contributed by atoms with Crippen LogP contribution in [0.25, 0.3) is 11.0 Å². The zero-order chi connectivity index (χ0) is 19.2. The summed E-state index contributed by atoms with van der Waals surface area (Å²) in [6.07, 6.45) is 1.07. The lowest BCUT2D eigenvalue weighted by molar-refractivity contribution is 0.154. The van der Waals surface area contributed by atoms with Crippen LogP contribution in [0, 0.1) is 0 Å². The lowest BCUT2D eigenvalue weighted by Gasteiger charge is -2.32. The number of nitrogens with one attached hydrogen (secondary N) is 2. The van der Waals surface area contributed by atoms with Crippen LogP contribution in [0.3, 0.4) is 0 Å². The first-order valence-electron chi connectivity index (χ1n) is 9.54. The molecule has 1 aromatic heterocycles. The molecule has 1 aliphatic rings. The van der Waals surface area contributed by atoms with Gasteiger partial charge in [-0.1, -0.05) is 11.6 Å². The number of benzene rings is 1. The number of hydrogen-bond acceptors (Lipinski definition) is 7. The monoisotopic (exact) mass is 392 g/mol. The molecule has 0 amide bonds. The smallest absolute Gasteiger partial charge is 0.169 e. The van der Waals surface area contributed by atoms with Crippen LogP contribution in [0.1, 0.15) is 13.3 Å². The molecule has 0 atom stereocenters. The molecule has 2 N–H and O–H groups in total. The van der Waals surface area contributed by atoms with Gasteiger partial charge < -0.3 is 25.2 Å². The number of anilines is 2. The van der Waals surface area contributed by atoms with Crippen LogP contribution in [-0.4, -0.2) is 79.7 Å². The summed E-state index contributed by atoms with van der Waals surface area (Å²) in [4.78, 5) is 14.3. The lowest BCUT2D eigenvalue weighted by Crippen LogP contribution is -2.44. The molecule has 148 valence electrons. The Hall–Kier alpha value is -1.83. The Labute approximate surface area is 166 Å². The zero-order valence-electron chi connectivity index (χ0n) is 16.4. The van der Waals surface area contributed by atoms with E-state index in [1.54, 1.807) is 13.2 Å². The minimum atomic E-state index is 0.538. The van der Waals surface area contributed by atoms with E-state index in [0.717, 1.165) is 74.9 Å². The molecule has 7 nitrogen and oxygen atoms in total. The molecule has 0 radical (unpaired) electrons. The van der Waals surface area contributed by atoms with Crippen molar-refractivity contribution in [1.82, 2.24) is 19.8 Å². The van der Waals surface area contributed by atoms with E-state index in [4.69, 9.17) is 26.3 Å². The Kier molecular flexibility index (Phi) is 6.93. The summed E-state index contributed by atoms with van der Waals surface area (Å²) in [6.45, 7) is 9.38. The summed E-state index contributed by atoms with van der Waals surface area (Å²) in [5, 5.41) is 7.27. The van der Waals surface area contributed by atoms with E-state index in [-0.39, 0.29) is 0 Å². The summed E-state index contributed by atoms with van der Waals surface area (Å²) in [6, 6.07) is 3.62. The minimum absolute atomic E-state index is 0.538. The molecule has 0 aliphatic carbocycles. The van der Waals surface area contributed by atoms with Crippen LogP contribution in [0.2, 0.25) is 5.02 Å². The normalized spacial score (nSPS) is 15.9. The second kappa shape index (κ2) is 9.39. The molecule has 0 spiro atoms. The molecular weight excluding hydrogens is 364 g/mol. The Morgan fingerprint density at radius 2 is 1.74 bits per heavy atom. The van der Waals surface area contributed by atoms with Crippen molar-refractivity contribution in [2.24, 2.45) is 0 Å². The third-order valence-electron chi connectivity index (χ3n) is 4.82. The van der Waals surface area contributed by atoms with Crippen LogP contribution in [0.15, 0.2) is 12.1 Å². The van der Waals surface area contributed by atoms with Crippen molar-refractivity contribution in [3.8, 4) is 5.75 Å². The van der Waals surface area contributed by atoms with Crippen LogP contribution < -0.4 is 15.4 Å². The number of rotatable bonds is 8. The summed E-state index contributed by atoms with van der Waals surface area (Å²) < 4.78 is 5.28. The number of likely N-dealkylation sites (N-methyl/N-ethyl adjacent to an activating group) is 1. The van der Waals surface area contributed by atoms with Gasteiger partial charge in [0.15, 0.2) is 11.6 Å². The fraction of sp³-hybridized carbons (Fsp3) is 0.579. The first kappa shape index (κ1) is 19.9. The van der Waals surface area contributed by atoms with Gasteiger partial charge in [0.2, 0.25) is 0 Å². The third kappa shape index (κ3) is 5.12. The predicted molar refractivity (Wildman–Crippen MR) is 112 cm³/mol. The topological polar surface area (TPSA) is 65.6 Å². The average Bonchev–Trinajstić information content (AvgIpc) is 2.67. The number of fused-ring (bicyclic) bond motifs is 1. The Morgan fingerprint density at radius 1 is 1.07 bits per heavy atom. The van der Waals surface area contributed by atoms with Crippen molar-refractivity contribution >= 4 is 34.3 Å². The largest absolute Gasteiger partial charge is 0.495 e. The van der Waals surface area contributed by atoms with Crippen LogP contribution in [0.4, 0.5) is 11.6 Å². The van der Waals surface area contributed by atoms with Crippen LogP contribution >= 0.6 is 11.6 Å². The van der Waals surface area contributed by atoms with Gasteiger partial charge in [0.25, 0.3) is 0 Å². The van der Waals surface area contributed by atoms with Gasteiger partial charge >= 0.3 is 0 Å². The van der Waals surface area contributed by atoms with Gasteiger partial charge in [0.1, 0.15) is 5.75 Å². The highest BCUT2D eigenvalue weighted by Gasteiger charge is 2.14. The van der Waals surface area contributed by atoms with E-state index in [1.165, 1.54) is 0 Å². The van der Waals surface area contributed by atoms with Crippen molar-refractivity contribution in [2.75, 3.05) is 70.6 Å². The molecule has 2 aromatic rings. The maximum Gasteiger partial charge on any atom is 0.169 e. The summed E-state index contributed by atoms with van der Waals surface area (Å²) in [5.41, 5.74) is 1.51. The number of methoxy groups -OCH3 is 1. The van der Waals surface area contributed by atoms with Gasteiger partial charge in [-0.2, -0.15) is 0 Å². The van der Waals surface area contributed by atoms with E-state index in [0.29, 0.717) is 10.8 Å². The number of nitrogens with zero attached hydrogens (tertiary/aromatic N) is 4. The molecular formula is C19H29ClN6O. The number of aromatic nitrogens is 2.